The second kappa shape index (κ2) is 5.46. The van der Waals surface area contributed by atoms with Gasteiger partial charge in [0, 0.05) is 18.8 Å². The Hall–Kier alpha value is -1.42. The van der Waals surface area contributed by atoms with Crippen LogP contribution in [0.1, 0.15) is 6.42 Å². The first-order valence-corrected chi connectivity index (χ1v) is 4.89. The third-order valence-electron chi connectivity index (χ3n) is 1.82. The first kappa shape index (κ1) is 11.7. The summed E-state index contributed by atoms with van der Waals surface area (Å²) in [6.45, 7) is 0.281. The van der Waals surface area contributed by atoms with Crippen molar-refractivity contribution in [1.82, 2.24) is 5.32 Å². The van der Waals surface area contributed by atoms with E-state index >= 15 is 0 Å². The van der Waals surface area contributed by atoms with Crippen LogP contribution < -0.4 is 15.8 Å². The van der Waals surface area contributed by atoms with E-state index in [0.717, 1.165) is 0 Å². The lowest BCUT2D eigenvalue weighted by atomic mass is 10.3. The van der Waals surface area contributed by atoms with Gasteiger partial charge in [-0.2, -0.15) is 0 Å². The molecule has 0 aliphatic carbocycles. The van der Waals surface area contributed by atoms with Crippen molar-refractivity contribution in [3.8, 4) is 5.75 Å². The van der Waals surface area contributed by atoms with Crippen LogP contribution in [-0.2, 0) is 4.79 Å². The van der Waals surface area contributed by atoms with Gasteiger partial charge in [0.05, 0.1) is 18.1 Å². The van der Waals surface area contributed by atoms with Gasteiger partial charge in [0.15, 0.2) is 0 Å². The number of ether oxygens (including phenoxy) is 1. The molecule has 0 spiro atoms. The molecular weight excluding hydrogens is 216 g/mol. The molecule has 0 atom stereocenters. The maximum atomic E-state index is 10.9. The van der Waals surface area contributed by atoms with Gasteiger partial charge >= 0.3 is 0 Å². The van der Waals surface area contributed by atoms with E-state index in [0.29, 0.717) is 22.9 Å². The van der Waals surface area contributed by atoms with Crippen molar-refractivity contribution in [3.63, 3.8) is 0 Å². The molecule has 0 fully saturated rings. The number of amides is 1. The van der Waals surface area contributed by atoms with E-state index in [1.807, 2.05) is 0 Å². The molecule has 15 heavy (non-hydrogen) atoms. The average Bonchev–Trinajstić information content (AvgIpc) is 2.23. The summed E-state index contributed by atoms with van der Waals surface area (Å²) in [6, 6.07) is 4.98. The Morgan fingerprint density at radius 1 is 1.60 bits per heavy atom. The van der Waals surface area contributed by atoms with Gasteiger partial charge in [-0.15, -0.1) is 0 Å². The maximum Gasteiger partial charge on any atom is 0.223 e. The molecule has 0 aliphatic rings. The molecule has 0 saturated heterocycles. The minimum atomic E-state index is -0.0741. The zero-order valence-electron chi connectivity index (χ0n) is 8.42. The van der Waals surface area contributed by atoms with E-state index in [4.69, 9.17) is 22.1 Å². The van der Waals surface area contributed by atoms with Crippen LogP contribution in [0.25, 0.3) is 0 Å². The Morgan fingerprint density at radius 3 is 3.00 bits per heavy atom. The Morgan fingerprint density at radius 2 is 2.33 bits per heavy atom. The number of carbonyl (C=O) groups is 1. The van der Waals surface area contributed by atoms with Gasteiger partial charge in [-0.05, 0) is 12.1 Å². The molecule has 0 bridgehead atoms. The monoisotopic (exact) mass is 228 g/mol. The van der Waals surface area contributed by atoms with Crippen molar-refractivity contribution in [1.29, 1.82) is 0 Å². The van der Waals surface area contributed by atoms with Gasteiger partial charge in [0.25, 0.3) is 0 Å². The molecule has 0 heterocycles. The molecular formula is C10H13ClN2O2. The van der Waals surface area contributed by atoms with E-state index in [1.54, 1.807) is 25.2 Å². The predicted molar refractivity (Wildman–Crippen MR) is 60.0 cm³/mol. The maximum absolute atomic E-state index is 10.9. The summed E-state index contributed by atoms with van der Waals surface area (Å²) in [6.07, 6.45) is 0.293. The van der Waals surface area contributed by atoms with Crippen LogP contribution in [0.2, 0.25) is 5.02 Å². The molecule has 3 N–H and O–H groups in total. The highest BCUT2D eigenvalue weighted by Crippen LogP contribution is 2.26. The van der Waals surface area contributed by atoms with Crippen molar-refractivity contribution < 1.29 is 9.53 Å². The highest BCUT2D eigenvalue weighted by molar-refractivity contribution is 6.32. The smallest absolute Gasteiger partial charge is 0.223 e. The predicted octanol–water partition coefficient (Wildman–Crippen LogP) is 1.44. The van der Waals surface area contributed by atoms with E-state index in [-0.39, 0.29) is 12.5 Å². The first-order valence-electron chi connectivity index (χ1n) is 4.52. The number of hydrogen-bond acceptors (Lipinski definition) is 3. The van der Waals surface area contributed by atoms with Gasteiger partial charge in [-0.3, -0.25) is 4.79 Å². The quantitative estimate of drug-likeness (QED) is 0.767. The summed E-state index contributed by atoms with van der Waals surface area (Å²) in [5.74, 6) is 0.426. The standard InChI is InChI=1S/C10H13ClN2O2/c1-13-10(14)4-5-15-9-6-7(12)2-3-8(9)11/h2-3,6H,4-5,12H2,1H3,(H,13,14). The number of benzene rings is 1. The van der Waals surface area contributed by atoms with Crippen LogP contribution in [0.3, 0.4) is 0 Å². The van der Waals surface area contributed by atoms with Crippen molar-refractivity contribution in [2.24, 2.45) is 0 Å². The minimum Gasteiger partial charge on any atom is -0.491 e. The van der Waals surface area contributed by atoms with Crippen molar-refractivity contribution in [3.05, 3.63) is 23.2 Å². The lowest BCUT2D eigenvalue weighted by molar-refractivity contribution is -0.121. The molecule has 0 aromatic heterocycles. The fourth-order valence-corrected chi connectivity index (χ4v) is 1.18. The normalized spacial score (nSPS) is 9.73. The average molecular weight is 229 g/mol. The van der Waals surface area contributed by atoms with Gasteiger partial charge in [-0.1, -0.05) is 11.6 Å². The lowest BCUT2D eigenvalue weighted by Gasteiger charge is -2.07. The van der Waals surface area contributed by atoms with Gasteiger partial charge < -0.3 is 15.8 Å². The fraction of sp³-hybridized carbons (Fsp3) is 0.300. The van der Waals surface area contributed by atoms with Gasteiger partial charge in [0.2, 0.25) is 5.91 Å². The summed E-state index contributed by atoms with van der Waals surface area (Å²) in [5.41, 5.74) is 6.15. The second-order valence-corrected chi connectivity index (χ2v) is 3.37. The molecule has 1 amide bonds. The summed E-state index contributed by atoms with van der Waals surface area (Å²) < 4.78 is 5.32. The molecule has 0 unspecified atom stereocenters. The highest BCUT2D eigenvalue weighted by atomic mass is 35.5. The molecule has 5 heteroatoms. The summed E-state index contributed by atoms with van der Waals surface area (Å²) >= 11 is 5.86. The molecule has 4 nitrogen and oxygen atoms in total. The number of carbonyl (C=O) groups excluding carboxylic acids is 1. The summed E-state index contributed by atoms with van der Waals surface area (Å²) in [4.78, 5) is 10.9. The molecule has 0 saturated carbocycles. The molecule has 0 radical (unpaired) electrons. The van der Waals surface area contributed by atoms with Crippen molar-refractivity contribution in [2.75, 3.05) is 19.4 Å². The van der Waals surface area contributed by atoms with E-state index < -0.39 is 0 Å². The number of anilines is 1. The van der Waals surface area contributed by atoms with Gasteiger partial charge in [-0.25, -0.2) is 0 Å². The first-order chi connectivity index (χ1) is 7.13. The fourth-order valence-electron chi connectivity index (χ4n) is 1.01. The minimum absolute atomic E-state index is 0.0741. The van der Waals surface area contributed by atoms with Crippen molar-refractivity contribution >= 4 is 23.2 Å². The SMILES string of the molecule is CNC(=O)CCOc1cc(N)ccc1Cl. The topological polar surface area (TPSA) is 64.3 Å². The van der Waals surface area contributed by atoms with Crippen LogP contribution in [0.15, 0.2) is 18.2 Å². The number of halogens is 1. The summed E-state index contributed by atoms with van der Waals surface area (Å²) in [7, 11) is 1.58. The van der Waals surface area contributed by atoms with E-state index in [2.05, 4.69) is 5.32 Å². The van der Waals surface area contributed by atoms with Crippen LogP contribution >= 0.6 is 11.6 Å². The zero-order chi connectivity index (χ0) is 11.3. The number of nitrogens with two attached hydrogens (primary N) is 1. The molecule has 1 aromatic carbocycles. The lowest BCUT2D eigenvalue weighted by Crippen LogP contribution is -2.20. The molecule has 1 rings (SSSR count). The van der Waals surface area contributed by atoms with Crippen LogP contribution in [0, 0.1) is 0 Å². The Labute approximate surface area is 93.4 Å². The number of nitrogens with one attached hydrogen (secondary N) is 1. The second-order valence-electron chi connectivity index (χ2n) is 2.96. The molecule has 82 valence electrons. The third kappa shape index (κ3) is 3.67. The van der Waals surface area contributed by atoms with Gasteiger partial charge in [0.1, 0.15) is 5.75 Å². The molecule has 1 aromatic rings. The number of hydrogen-bond donors (Lipinski definition) is 2. The van der Waals surface area contributed by atoms with Crippen LogP contribution in [0.5, 0.6) is 5.75 Å². The third-order valence-corrected chi connectivity index (χ3v) is 2.13. The zero-order valence-corrected chi connectivity index (χ0v) is 9.17. The van der Waals surface area contributed by atoms with E-state index in [1.165, 1.54) is 0 Å². The van der Waals surface area contributed by atoms with Crippen LogP contribution in [0.4, 0.5) is 5.69 Å². The van der Waals surface area contributed by atoms with E-state index in [9.17, 15) is 4.79 Å². The van der Waals surface area contributed by atoms with Crippen LogP contribution in [-0.4, -0.2) is 19.6 Å². The Bertz CT molecular complexity index is 355. The Kier molecular flexibility index (Phi) is 4.24. The van der Waals surface area contributed by atoms with Crippen molar-refractivity contribution in [2.45, 2.75) is 6.42 Å². The highest BCUT2D eigenvalue weighted by Gasteiger charge is 2.03. The summed E-state index contributed by atoms with van der Waals surface area (Å²) in [5, 5.41) is 2.99. The Balaban J connectivity index is 2.50. The largest absolute Gasteiger partial charge is 0.491 e. The number of rotatable bonds is 4. The number of nitrogen functional groups attached to an aromatic ring is 1. The molecule has 0 aliphatic heterocycles.